The zero-order chi connectivity index (χ0) is 10.7. The van der Waals surface area contributed by atoms with Gasteiger partial charge in [-0.2, -0.15) is 0 Å². The number of pyridine rings is 1. The predicted molar refractivity (Wildman–Crippen MR) is 52.7 cm³/mol. The number of nitrogens with two attached hydrogens (primary N) is 1. The second-order valence-corrected chi connectivity index (χ2v) is 3.14. The van der Waals surface area contributed by atoms with Crippen molar-refractivity contribution < 1.29 is 8.78 Å². The van der Waals surface area contributed by atoms with E-state index in [9.17, 15) is 8.78 Å². The Bertz CT molecular complexity index is 315. The quantitative estimate of drug-likeness (QED) is 0.808. The topological polar surface area (TPSA) is 42.2 Å². The van der Waals surface area contributed by atoms with E-state index in [0.717, 1.165) is 5.56 Å². The fraction of sp³-hybridized carbons (Fsp3) is 0.444. The van der Waals surface area contributed by atoms with Crippen molar-refractivity contribution in [2.24, 2.45) is 0 Å². The molecule has 3 nitrogen and oxygen atoms in total. The van der Waals surface area contributed by atoms with Crippen LogP contribution in [0.15, 0.2) is 12.3 Å². The molecule has 0 amide bonds. The van der Waals surface area contributed by atoms with Crippen LogP contribution in [0.1, 0.15) is 5.56 Å². The molecule has 0 atom stereocenters. The van der Waals surface area contributed by atoms with Crippen LogP contribution in [0.25, 0.3) is 0 Å². The third kappa shape index (κ3) is 2.31. The molecule has 2 N–H and O–H groups in total. The second kappa shape index (κ2) is 4.21. The summed E-state index contributed by atoms with van der Waals surface area (Å²) < 4.78 is 24.2. The van der Waals surface area contributed by atoms with Crippen molar-refractivity contribution in [3.05, 3.63) is 17.8 Å². The number of nitrogens with zero attached hydrogens (tertiary/aromatic N) is 2. The van der Waals surface area contributed by atoms with Crippen LogP contribution in [0.4, 0.5) is 20.3 Å². The lowest BCUT2D eigenvalue weighted by molar-refractivity contribution is 0.156. The van der Waals surface area contributed by atoms with Gasteiger partial charge in [0, 0.05) is 13.2 Å². The Morgan fingerprint density at radius 1 is 1.57 bits per heavy atom. The van der Waals surface area contributed by atoms with Gasteiger partial charge < -0.3 is 10.6 Å². The Balaban J connectivity index is 2.89. The average Bonchev–Trinajstić information content (AvgIpc) is 2.08. The molecule has 1 rings (SSSR count). The molecule has 0 unspecified atom stereocenters. The van der Waals surface area contributed by atoms with Crippen molar-refractivity contribution in [1.29, 1.82) is 0 Å². The summed E-state index contributed by atoms with van der Waals surface area (Å²) in [6.45, 7) is 1.46. The molecule has 0 spiro atoms. The molecular formula is C9H13F2N3. The molecule has 14 heavy (non-hydrogen) atoms. The van der Waals surface area contributed by atoms with Gasteiger partial charge in [0.25, 0.3) is 6.43 Å². The van der Waals surface area contributed by atoms with E-state index in [2.05, 4.69) is 4.98 Å². The first kappa shape index (κ1) is 10.7. The number of hydrogen-bond acceptors (Lipinski definition) is 3. The highest BCUT2D eigenvalue weighted by Crippen LogP contribution is 2.22. The van der Waals surface area contributed by atoms with Crippen LogP contribution >= 0.6 is 0 Å². The minimum atomic E-state index is -2.39. The number of hydrogen-bond donors (Lipinski definition) is 1. The standard InChI is InChI=1S/C9H13F2N3/c1-6-3-4-13-9(8(6)12)14(2)5-7(10)11/h3-4,7H,5,12H2,1-2H3. The van der Waals surface area contributed by atoms with Crippen LogP contribution in [0.3, 0.4) is 0 Å². The largest absolute Gasteiger partial charge is 0.396 e. The summed E-state index contributed by atoms with van der Waals surface area (Å²) in [6, 6.07) is 1.75. The first-order valence-electron chi connectivity index (χ1n) is 4.22. The molecule has 0 aromatic carbocycles. The minimum Gasteiger partial charge on any atom is -0.396 e. The monoisotopic (exact) mass is 201 g/mol. The molecule has 0 aliphatic heterocycles. The van der Waals surface area contributed by atoms with Crippen molar-refractivity contribution in [3.8, 4) is 0 Å². The number of alkyl halides is 2. The summed E-state index contributed by atoms with van der Waals surface area (Å²) >= 11 is 0. The molecule has 0 fully saturated rings. The summed E-state index contributed by atoms with van der Waals surface area (Å²) in [4.78, 5) is 5.31. The van der Waals surface area contributed by atoms with E-state index in [-0.39, 0.29) is 6.54 Å². The van der Waals surface area contributed by atoms with Crippen molar-refractivity contribution in [3.63, 3.8) is 0 Å². The smallest absolute Gasteiger partial charge is 0.255 e. The molecule has 1 aromatic rings. The van der Waals surface area contributed by atoms with Crippen molar-refractivity contribution in [2.75, 3.05) is 24.2 Å². The van der Waals surface area contributed by atoms with Gasteiger partial charge >= 0.3 is 0 Å². The van der Waals surface area contributed by atoms with Crippen LogP contribution in [-0.2, 0) is 0 Å². The Morgan fingerprint density at radius 2 is 2.21 bits per heavy atom. The van der Waals surface area contributed by atoms with E-state index in [1.807, 2.05) is 6.92 Å². The Kier molecular flexibility index (Phi) is 3.22. The van der Waals surface area contributed by atoms with Gasteiger partial charge in [-0.05, 0) is 18.6 Å². The van der Waals surface area contributed by atoms with Gasteiger partial charge in [-0.3, -0.25) is 0 Å². The highest BCUT2D eigenvalue weighted by Gasteiger charge is 2.12. The lowest BCUT2D eigenvalue weighted by Gasteiger charge is -2.19. The molecule has 0 saturated carbocycles. The predicted octanol–water partition coefficient (Wildman–Crippen LogP) is 1.67. The van der Waals surface area contributed by atoms with E-state index in [4.69, 9.17) is 5.73 Å². The normalized spacial score (nSPS) is 10.6. The third-order valence-corrected chi connectivity index (χ3v) is 1.96. The summed E-state index contributed by atoms with van der Waals surface area (Å²) in [5, 5.41) is 0. The van der Waals surface area contributed by atoms with Crippen LogP contribution in [-0.4, -0.2) is 25.0 Å². The van der Waals surface area contributed by atoms with Crippen molar-refractivity contribution in [1.82, 2.24) is 4.98 Å². The van der Waals surface area contributed by atoms with Gasteiger partial charge in [0.1, 0.15) is 0 Å². The molecule has 0 radical (unpaired) electrons. The zero-order valence-corrected chi connectivity index (χ0v) is 8.17. The van der Waals surface area contributed by atoms with Crippen LogP contribution in [0, 0.1) is 6.92 Å². The van der Waals surface area contributed by atoms with E-state index >= 15 is 0 Å². The average molecular weight is 201 g/mol. The number of anilines is 2. The SMILES string of the molecule is Cc1ccnc(N(C)CC(F)F)c1N. The van der Waals surface area contributed by atoms with Gasteiger partial charge in [-0.1, -0.05) is 0 Å². The first-order valence-corrected chi connectivity index (χ1v) is 4.22. The fourth-order valence-electron chi connectivity index (χ4n) is 1.15. The molecule has 1 aromatic heterocycles. The molecule has 0 bridgehead atoms. The van der Waals surface area contributed by atoms with Gasteiger partial charge in [0.2, 0.25) is 0 Å². The molecule has 0 saturated heterocycles. The fourth-order valence-corrected chi connectivity index (χ4v) is 1.15. The Hall–Kier alpha value is -1.39. The first-order chi connectivity index (χ1) is 6.52. The molecule has 1 heterocycles. The van der Waals surface area contributed by atoms with Gasteiger partial charge in [-0.25, -0.2) is 13.8 Å². The summed E-state index contributed by atoms with van der Waals surface area (Å²) in [7, 11) is 1.55. The maximum atomic E-state index is 12.1. The molecule has 78 valence electrons. The Labute approximate surface area is 81.5 Å². The summed E-state index contributed by atoms with van der Waals surface area (Å²) in [6.07, 6.45) is -0.829. The second-order valence-electron chi connectivity index (χ2n) is 3.14. The highest BCUT2D eigenvalue weighted by atomic mass is 19.3. The van der Waals surface area contributed by atoms with E-state index in [1.165, 1.54) is 4.90 Å². The lowest BCUT2D eigenvalue weighted by atomic mass is 10.2. The zero-order valence-electron chi connectivity index (χ0n) is 8.17. The van der Waals surface area contributed by atoms with E-state index < -0.39 is 6.43 Å². The number of aromatic nitrogens is 1. The molecule has 0 aliphatic carbocycles. The summed E-state index contributed by atoms with van der Waals surface area (Å²) in [5.74, 6) is 0.408. The molecule has 5 heteroatoms. The third-order valence-electron chi connectivity index (χ3n) is 1.96. The van der Waals surface area contributed by atoms with E-state index in [0.29, 0.717) is 11.5 Å². The molecule has 0 aliphatic rings. The highest BCUT2D eigenvalue weighted by molar-refractivity contribution is 5.65. The number of nitrogen functional groups attached to an aromatic ring is 1. The minimum absolute atomic E-state index is 0.360. The van der Waals surface area contributed by atoms with Crippen LogP contribution < -0.4 is 10.6 Å². The van der Waals surface area contributed by atoms with Gasteiger partial charge in [-0.15, -0.1) is 0 Å². The Morgan fingerprint density at radius 3 is 2.79 bits per heavy atom. The van der Waals surface area contributed by atoms with Crippen molar-refractivity contribution >= 4 is 11.5 Å². The number of halogens is 2. The van der Waals surface area contributed by atoms with Gasteiger partial charge in [0.15, 0.2) is 5.82 Å². The summed E-state index contributed by atoms with van der Waals surface area (Å²) in [5.41, 5.74) is 7.01. The van der Waals surface area contributed by atoms with Crippen molar-refractivity contribution in [2.45, 2.75) is 13.3 Å². The van der Waals surface area contributed by atoms with Gasteiger partial charge in [0.05, 0.1) is 12.2 Å². The maximum absolute atomic E-state index is 12.1. The lowest BCUT2D eigenvalue weighted by Crippen LogP contribution is -2.26. The maximum Gasteiger partial charge on any atom is 0.255 e. The number of rotatable bonds is 3. The van der Waals surface area contributed by atoms with Crippen LogP contribution in [0.2, 0.25) is 0 Å². The van der Waals surface area contributed by atoms with Crippen LogP contribution in [0.5, 0.6) is 0 Å². The van der Waals surface area contributed by atoms with E-state index in [1.54, 1.807) is 19.3 Å². The number of aryl methyl sites for hydroxylation is 1. The molecular weight excluding hydrogens is 188 g/mol.